The highest BCUT2D eigenvalue weighted by Gasteiger charge is 2.39. The molecule has 130 valence electrons. The Morgan fingerprint density at radius 3 is 2.58 bits per heavy atom. The molecule has 24 heavy (non-hydrogen) atoms. The fourth-order valence-electron chi connectivity index (χ4n) is 3.24. The van der Waals surface area contributed by atoms with Crippen LogP contribution in [0.25, 0.3) is 0 Å². The van der Waals surface area contributed by atoms with Crippen LogP contribution in [-0.2, 0) is 4.79 Å². The average molecular weight is 401 g/mol. The van der Waals surface area contributed by atoms with Gasteiger partial charge in [-0.05, 0) is 31.0 Å². The third kappa shape index (κ3) is 3.48. The van der Waals surface area contributed by atoms with Crippen LogP contribution in [0.5, 0.6) is 5.75 Å². The minimum absolute atomic E-state index is 0.0245. The van der Waals surface area contributed by atoms with Crippen LogP contribution < -0.4 is 4.74 Å². The van der Waals surface area contributed by atoms with E-state index in [-0.39, 0.29) is 17.7 Å². The Hall–Kier alpha value is -1.83. The van der Waals surface area contributed by atoms with Gasteiger partial charge in [-0.2, -0.15) is 0 Å². The fourth-order valence-corrected chi connectivity index (χ4v) is 3.57. The van der Waals surface area contributed by atoms with E-state index in [1.165, 1.54) is 17.0 Å². The van der Waals surface area contributed by atoms with Crippen molar-refractivity contribution >= 4 is 27.9 Å². The van der Waals surface area contributed by atoms with Gasteiger partial charge in [-0.25, -0.2) is 9.18 Å². The third-order valence-corrected chi connectivity index (χ3v) is 5.02. The Bertz CT molecular complexity index is 649. The van der Waals surface area contributed by atoms with E-state index in [1.807, 2.05) is 0 Å². The number of carboxylic acid groups (broad SMARTS) is 1. The molecule has 1 aromatic carbocycles. The van der Waals surface area contributed by atoms with Crippen molar-refractivity contribution in [3.05, 3.63) is 28.5 Å². The first-order valence-corrected chi connectivity index (χ1v) is 8.65. The predicted octanol–water partition coefficient (Wildman–Crippen LogP) is 2.71. The van der Waals surface area contributed by atoms with Crippen LogP contribution in [0.15, 0.2) is 22.7 Å². The first-order valence-electron chi connectivity index (χ1n) is 7.86. The Morgan fingerprint density at radius 2 is 1.96 bits per heavy atom. The van der Waals surface area contributed by atoms with Gasteiger partial charge in [-0.1, -0.05) is 15.9 Å². The molecule has 0 radical (unpaired) electrons. The van der Waals surface area contributed by atoms with Gasteiger partial charge in [0, 0.05) is 36.6 Å². The van der Waals surface area contributed by atoms with Gasteiger partial charge in [0.15, 0.2) is 17.7 Å². The molecule has 1 N–H and O–H groups in total. The normalized spacial score (nSPS) is 22.1. The molecule has 0 aliphatic carbocycles. The maximum atomic E-state index is 13.9. The summed E-state index contributed by atoms with van der Waals surface area (Å²) in [6.45, 7) is 1.41. The first kappa shape index (κ1) is 17.0. The molecule has 3 rings (SSSR count). The van der Waals surface area contributed by atoms with Crippen molar-refractivity contribution in [1.29, 1.82) is 0 Å². The number of ether oxygens (including phenoxy) is 1. The summed E-state index contributed by atoms with van der Waals surface area (Å²) in [7, 11) is 0. The van der Waals surface area contributed by atoms with Crippen molar-refractivity contribution in [2.75, 3.05) is 19.6 Å². The number of piperidine rings is 1. The largest absolute Gasteiger partial charge is 0.477 e. The maximum absolute atomic E-state index is 13.9. The zero-order valence-corrected chi connectivity index (χ0v) is 14.5. The maximum Gasteiger partial charge on any atom is 0.407 e. The van der Waals surface area contributed by atoms with Gasteiger partial charge in [-0.15, -0.1) is 0 Å². The minimum atomic E-state index is -0.923. The van der Waals surface area contributed by atoms with Crippen molar-refractivity contribution in [2.45, 2.75) is 31.4 Å². The quantitative estimate of drug-likeness (QED) is 0.846. The van der Waals surface area contributed by atoms with E-state index >= 15 is 0 Å². The number of hydrogen-bond acceptors (Lipinski definition) is 3. The van der Waals surface area contributed by atoms with E-state index in [1.54, 1.807) is 11.0 Å². The first-order chi connectivity index (χ1) is 11.5. The summed E-state index contributed by atoms with van der Waals surface area (Å²) in [4.78, 5) is 26.6. The molecule has 2 heterocycles. The van der Waals surface area contributed by atoms with Gasteiger partial charge in [0.2, 0.25) is 0 Å². The topological polar surface area (TPSA) is 70.1 Å². The van der Waals surface area contributed by atoms with Crippen molar-refractivity contribution in [3.8, 4) is 5.75 Å². The number of nitrogens with zero attached hydrogens (tertiary/aromatic N) is 2. The Labute approximate surface area is 147 Å². The monoisotopic (exact) mass is 400 g/mol. The lowest BCUT2D eigenvalue weighted by Gasteiger charge is -2.35. The SMILES string of the molecule is O=C(O)N1CCC(N2CC[C@H](Oc3ccc(Br)cc3F)C2=O)CC1. The molecule has 0 unspecified atom stereocenters. The summed E-state index contributed by atoms with van der Waals surface area (Å²) in [6.07, 6.45) is 0.147. The summed E-state index contributed by atoms with van der Waals surface area (Å²) in [5.41, 5.74) is 0. The molecule has 2 amide bonds. The Kier molecular flexibility index (Phi) is 4.93. The number of halogens is 2. The van der Waals surface area contributed by atoms with Crippen LogP contribution >= 0.6 is 15.9 Å². The molecule has 2 saturated heterocycles. The number of benzene rings is 1. The third-order valence-electron chi connectivity index (χ3n) is 4.53. The van der Waals surface area contributed by atoms with Crippen molar-refractivity contribution in [3.63, 3.8) is 0 Å². The van der Waals surface area contributed by atoms with Crippen LogP contribution in [0.2, 0.25) is 0 Å². The molecule has 8 heteroatoms. The van der Waals surface area contributed by atoms with E-state index in [2.05, 4.69) is 15.9 Å². The lowest BCUT2D eigenvalue weighted by Crippen LogP contribution is -2.48. The summed E-state index contributed by atoms with van der Waals surface area (Å²) < 4.78 is 20.0. The van der Waals surface area contributed by atoms with Crippen LogP contribution in [0.1, 0.15) is 19.3 Å². The van der Waals surface area contributed by atoms with Gasteiger partial charge in [0.25, 0.3) is 5.91 Å². The zero-order valence-electron chi connectivity index (χ0n) is 13.0. The smallest absolute Gasteiger partial charge is 0.407 e. The van der Waals surface area contributed by atoms with Crippen LogP contribution in [0, 0.1) is 5.82 Å². The molecule has 6 nitrogen and oxygen atoms in total. The molecule has 0 aromatic heterocycles. The summed E-state index contributed by atoms with van der Waals surface area (Å²) in [5, 5.41) is 8.98. The van der Waals surface area contributed by atoms with Gasteiger partial charge in [0.05, 0.1) is 0 Å². The number of rotatable bonds is 3. The average Bonchev–Trinajstić information content (AvgIpc) is 2.91. The minimum Gasteiger partial charge on any atom is -0.477 e. The van der Waals surface area contributed by atoms with Gasteiger partial charge in [0.1, 0.15) is 0 Å². The number of hydrogen-bond donors (Lipinski definition) is 1. The lowest BCUT2D eigenvalue weighted by atomic mass is 10.0. The molecule has 2 aliphatic heterocycles. The van der Waals surface area contributed by atoms with Gasteiger partial charge >= 0.3 is 6.09 Å². The molecule has 1 aromatic rings. The summed E-state index contributed by atoms with van der Waals surface area (Å²) in [5.74, 6) is -0.587. The van der Waals surface area contributed by atoms with E-state index < -0.39 is 18.0 Å². The van der Waals surface area contributed by atoms with Gasteiger partial charge in [-0.3, -0.25) is 4.79 Å². The summed E-state index contributed by atoms with van der Waals surface area (Å²) in [6, 6.07) is 4.49. The second-order valence-corrected chi connectivity index (χ2v) is 6.92. The molecule has 2 aliphatic rings. The molecular formula is C16H18BrFN2O4. The molecule has 0 bridgehead atoms. The Morgan fingerprint density at radius 1 is 1.25 bits per heavy atom. The van der Waals surface area contributed by atoms with E-state index in [0.717, 1.165) is 0 Å². The summed E-state index contributed by atoms with van der Waals surface area (Å²) >= 11 is 3.18. The van der Waals surface area contributed by atoms with E-state index in [4.69, 9.17) is 9.84 Å². The lowest BCUT2D eigenvalue weighted by molar-refractivity contribution is -0.136. The van der Waals surface area contributed by atoms with Crippen molar-refractivity contribution in [2.24, 2.45) is 0 Å². The fraction of sp³-hybridized carbons (Fsp3) is 0.500. The van der Waals surface area contributed by atoms with Crippen molar-refractivity contribution < 1.29 is 23.8 Å². The highest BCUT2D eigenvalue weighted by molar-refractivity contribution is 9.10. The van der Waals surface area contributed by atoms with Gasteiger partial charge < -0.3 is 19.6 Å². The molecule has 0 saturated carbocycles. The highest BCUT2D eigenvalue weighted by atomic mass is 79.9. The van der Waals surface area contributed by atoms with Crippen molar-refractivity contribution in [1.82, 2.24) is 9.80 Å². The van der Waals surface area contributed by atoms with Crippen LogP contribution in [-0.4, -0.2) is 58.7 Å². The number of carbonyl (C=O) groups is 2. The highest BCUT2D eigenvalue weighted by Crippen LogP contribution is 2.28. The number of amides is 2. The second-order valence-electron chi connectivity index (χ2n) is 6.00. The van der Waals surface area contributed by atoms with E-state index in [9.17, 15) is 14.0 Å². The number of carbonyl (C=O) groups excluding carboxylic acids is 1. The standard InChI is InChI=1S/C16H18BrFN2O4/c17-10-1-2-13(12(18)9-10)24-14-5-8-20(15(14)21)11-3-6-19(7-4-11)16(22)23/h1-2,9,11,14H,3-8H2,(H,22,23)/t14-/m0/s1. The molecule has 2 fully saturated rings. The molecular weight excluding hydrogens is 383 g/mol. The second kappa shape index (κ2) is 6.96. The molecule has 0 spiro atoms. The zero-order chi connectivity index (χ0) is 17.3. The Balaban J connectivity index is 1.60. The molecule has 1 atom stereocenters. The predicted molar refractivity (Wildman–Crippen MR) is 87.5 cm³/mol. The van der Waals surface area contributed by atoms with Crippen LogP contribution in [0.4, 0.5) is 9.18 Å². The van der Waals surface area contributed by atoms with Crippen LogP contribution in [0.3, 0.4) is 0 Å². The number of likely N-dealkylation sites (tertiary alicyclic amines) is 2. The van der Waals surface area contributed by atoms with E-state index in [0.29, 0.717) is 43.4 Å².